The Morgan fingerprint density at radius 2 is 1.56 bits per heavy atom. The van der Waals surface area contributed by atoms with Crippen LogP contribution in [0, 0.1) is 28.1 Å². The third-order valence-electron chi connectivity index (χ3n) is 9.43. The maximum atomic E-state index is 15.1. The van der Waals surface area contributed by atoms with Crippen LogP contribution < -0.4 is 0 Å². The molecule has 0 unspecified atom stereocenters. The molecule has 3 rings (SSSR count). The first kappa shape index (κ1) is 31.0. The third kappa shape index (κ3) is 4.98. The van der Waals surface area contributed by atoms with E-state index in [-0.39, 0.29) is 29.4 Å². The van der Waals surface area contributed by atoms with Gasteiger partial charge in [-0.15, -0.1) is 0 Å². The monoisotopic (exact) mass is 534 g/mol. The van der Waals surface area contributed by atoms with E-state index in [0.29, 0.717) is 37.0 Å². The molecule has 0 radical (unpaired) electrons. The smallest absolute Gasteiger partial charge is 0.184 e. The number of carbonyl (C=O) groups is 3. The van der Waals surface area contributed by atoms with Gasteiger partial charge in [-0.3, -0.25) is 14.4 Å². The molecule has 5 atom stereocenters. The van der Waals surface area contributed by atoms with E-state index >= 15 is 4.79 Å². The Morgan fingerprint density at radius 3 is 2.08 bits per heavy atom. The standard InChI is InChI=1S/C35H50O4/c1-21(2)13-12-18-33(11)26(16-14-22(3)4)19-34-20-28(24(7)8)39-31(34)27(17-15-23(5)6)30(37)35(33,32(34)38)29(36)25(9)10/h13-15,25-26,28H,7,12,16-20H2,1-6,8-11H3/t26-,28-,33+,34-,35+/m0/s1. The molecule has 1 saturated heterocycles. The fourth-order valence-corrected chi connectivity index (χ4v) is 7.27. The van der Waals surface area contributed by atoms with Crippen molar-refractivity contribution in [1.29, 1.82) is 0 Å². The molecule has 3 aliphatic rings. The topological polar surface area (TPSA) is 60.4 Å². The van der Waals surface area contributed by atoms with Gasteiger partial charge in [-0.1, -0.05) is 62.3 Å². The summed E-state index contributed by atoms with van der Waals surface area (Å²) in [5.41, 5.74) is 1.29. The minimum absolute atomic E-state index is 0.0326. The second kappa shape index (κ2) is 11.2. The summed E-state index contributed by atoms with van der Waals surface area (Å²) in [5.74, 6) is -0.736. The lowest BCUT2D eigenvalue weighted by molar-refractivity contribution is -0.178. The van der Waals surface area contributed by atoms with Crippen LogP contribution >= 0.6 is 0 Å². The molecule has 0 aromatic carbocycles. The van der Waals surface area contributed by atoms with E-state index in [4.69, 9.17) is 4.74 Å². The van der Waals surface area contributed by atoms with Crippen molar-refractivity contribution in [3.63, 3.8) is 0 Å². The molecule has 0 N–H and O–H groups in total. The summed E-state index contributed by atoms with van der Waals surface area (Å²) in [6.45, 7) is 24.1. The number of fused-ring (bicyclic) bond motifs is 1. The van der Waals surface area contributed by atoms with Gasteiger partial charge in [0.2, 0.25) is 0 Å². The van der Waals surface area contributed by atoms with E-state index in [2.05, 4.69) is 53.3 Å². The Labute approximate surface area is 236 Å². The lowest BCUT2D eigenvalue weighted by Crippen LogP contribution is -2.70. The van der Waals surface area contributed by atoms with Crippen molar-refractivity contribution in [3.05, 3.63) is 58.4 Å². The highest BCUT2D eigenvalue weighted by Crippen LogP contribution is 2.69. The van der Waals surface area contributed by atoms with Crippen molar-refractivity contribution in [2.24, 2.45) is 28.1 Å². The fraction of sp³-hybridized carbons (Fsp3) is 0.629. The van der Waals surface area contributed by atoms with Gasteiger partial charge in [-0.05, 0) is 97.5 Å². The molecule has 0 aromatic rings. The van der Waals surface area contributed by atoms with Gasteiger partial charge in [0.25, 0.3) is 0 Å². The first-order valence-corrected chi connectivity index (χ1v) is 14.7. The predicted molar refractivity (Wildman–Crippen MR) is 159 cm³/mol. The molecule has 2 bridgehead atoms. The summed E-state index contributed by atoms with van der Waals surface area (Å²) in [7, 11) is 0. The Bertz CT molecular complexity index is 1180. The first-order chi connectivity index (χ1) is 18.1. The summed E-state index contributed by atoms with van der Waals surface area (Å²) in [5, 5.41) is 0. The van der Waals surface area contributed by atoms with Gasteiger partial charge in [-0.2, -0.15) is 0 Å². The zero-order valence-corrected chi connectivity index (χ0v) is 26.0. The molecule has 0 amide bonds. The Hall–Kier alpha value is -2.49. The molecule has 1 spiro atoms. The van der Waals surface area contributed by atoms with Crippen LogP contribution in [0.2, 0.25) is 0 Å². The summed E-state index contributed by atoms with van der Waals surface area (Å²) in [4.78, 5) is 44.6. The van der Waals surface area contributed by atoms with Crippen LogP contribution in [0.3, 0.4) is 0 Å². The summed E-state index contributed by atoms with van der Waals surface area (Å²) in [6, 6.07) is 0. The number of allylic oxidation sites excluding steroid dienone is 8. The van der Waals surface area contributed by atoms with Crippen molar-refractivity contribution < 1.29 is 19.1 Å². The second-order valence-corrected chi connectivity index (χ2v) is 13.6. The van der Waals surface area contributed by atoms with E-state index in [0.717, 1.165) is 24.0 Å². The molecular weight excluding hydrogens is 484 g/mol. The van der Waals surface area contributed by atoms with Crippen LogP contribution in [0.15, 0.2) is 58.4 Å². The van der Waals surface area contributed by atoms with Crippen LogP contribution in [0.25, 0.3) is 0 Å². The molecule has 1 heterocycles. The lowest BCUT2D eigenvalue weighted by atomic mass is 9.38. The van der Waals surface area contributed by atoms with E-state index < -0.39 is 22.2 Å². The van der Waals surface area contributed by atoms with Gasteiger partial charge in [0.1, 0.15) is 11.9 Å². The predicted octanol–water partition coefficient (Wildman–Crippen LogP) is 8.44. The van der Waals surface area contributed by atoms with Crippen molar-refractivity contribution >= 4 is 17.3 Å². The molecule has 1 aliphatic heterocycles. The van der Waals surface area contributed by atoms with Crippen LogP contribution in [-0.4, -0.2) is 23.5 Å². The SMILES string of the molecule is C=C(C)[C@@H]1C[C@@]23C[C@H](CC=C(C)C)[C@@](C)(CCC=C(C)C)[C@](C(=O)C(C)C)(C(=O)C(CC=C(C)C)=C2O1)C3=O. The van der Waals surface area contributed by atoms with Crippen molar-refractivity contribution in [1.82, 2.24) is 0 Å². The van der Waals surface area contributed by atoms with Gasteiger partial charge in [0.15, 0.2) is 22.8 Å². The number of ether oxygens (including phenoxy) is 1. The van der Waals surface area contributed by atoms with Crippen LogP contribution in [0.4, 0.5) is 0 Å². The maximum Gasteiger partial charge on any atom is 0.184 e. The maximum absolute atomic E-state index is 15.1. The number of rotatable bonds is 10. The van der Waals surface area contributed by atoms with Crippen LogP contribution in [0.1, 0.15) is 108 Å². The highest BCUT2D eigenvalue weighted by atomic mass is 16.5. The molecule has 39 heavy (non-hydrogen) atoms. The number of Topliss-reactive ketones (excluding diaryl/α,β-unsaturated/α-hetero) is 3. The number of ketones is 3. The van der Waals surface area contributed by atoms with E-state index in [9.17, 15) is 9.59 Å². The summed E-state index contributed by atoms with van der Waals surface area (Å²) in [6.07, 6.45) is 9.49. The third-order valence-corrected chi connectivity index (χ3v) is 9.43. The van der Waals surface area contributed by atoms with Crippen molar-refractivity contribution in [2.75, 3.05) is 0 Å². The number of hydrogen-bond acceptors (Lipinski definition) is 4. The first-order valence-electron chi connectivity index (χ1n) is 14.7. The van der Waals surface area contributed by atoms with Gasteiger partial charge in [-0.25, -0.2) is 0 Å². The molecule has 0 aromatic heterocycles. The van der Waals surface area contributed by atoms with E-state index in [1.54, 1.807) is 0 Å². The second-order valence-electron chi connectivity index (χ2n) is 13.6. The zero-order chi connectivity index (χ0) is 29.5. The molecule has 2 aliphatic carbocycles. The van der Waals surface area contributed by atoms with Gasteiger partial charge >= 0.3 is 0 Å². The Morgan fingerprint density at radius 1 is 0.974 bits per heavy atom. The van der Waals surface area contributed by atoms with Crippen LogP contribution in [-0.2, 0) is 19.1 Å². The lowest BCUT2D eigenvalue weighted by Gasteiger charge is -2.60. The summed E-state index contributed by atoms with van der Waals surface area (Å²) >= 11 is 0. The van der Waals surface area contributed by atoms with Gasteiger partial charge in [0.05, 0.1) is 5.41 Å². The average Bonchev–Trinajstić information content (AvgIpc) is 3.21. The van der Waals surface area contributed by atoms with Gasteiger partial charge in [0, 0.05) is 17.9 Å². The van der Waals surface area contributed by atoms with Gasteiger partial charge < -0.3 is 4.74 Å². The zero-order valence-electron chi connectivity index (χ0n) is 26.0. The highest BCUT2D eigenvalue weighted by molar-refractivity contribution is 6.33. The van der Waals surface area contributed by atoms with E-state index in [1.165, 1.54) is 11.1 Å². The number of hydrogen-bond donors (Lipinski definition) is 0. The normalized spacial score (nSPS) is 31.5. The Balaban J connectivity index is 2.44. The minimum Gasteiger partial charge on any atom is -0.489 e. The largest absolute Gasteiger partial charge is 0.489 e. The molecule has 2 fully saturated rings. The quantitative estimate of drug-likeness (QED) is 0.208. The molecular formula is C35H50O4. The summed E-state index contributed by atoms with van der Waals surface area (Å²) < 4.78 is 6.50. The number of carbonyl (C=O) groups excluding carboxylic acids is 3. The molecule has 214 valence electrons. The van der Waals surface area contributed by atoms with Crippen molar-refractivity contribution in [3.8, 4) is 0 Å². The van der Waals surface area contributed by atoms with Crippen molar-refractivity contribution in [2.45, 2.75) is 114 Å². The van der Waals surface area contributed by atoms with E-state index in [1.807, 2.05) is 40.7 Å². The Kier molecular flexibility index (Phi) is 8.90. The fourth-order valence-electron chi connectivity index (χ4n) is 7.27. The van der Waals surface area contributed by atoms with Crippen LogP contribution in [0.5, 0.6) is 0 Å². The highest BCUT2D eigenvalue weighted by Gasteiger charge is 2.77. The molecule has 1 saturated carbocycles. The molecule has 4 heteroatoms. The minimum atomic E-state index is -1.73. The molecule has 4 nitrogen and oxygen atoms in total. The average molecular weight is 535 g/mol.